The zero-order valence-electron chi connectivity index (χ0n) is 14.6. The number of rotatable bonds is 10. The van der Waals surface area contributed by atoms with Crippen LogP contribution in [0.5, 0.6) is 0 Å². The van der Waals surface area contributed by atoms with Gasteiger partial charge < -0.3 is 32.3 Å². The molecule has 0 fully saturated rings. The van der Waals surface area contributed by atoms with Gasteiger partial charge in [-0.2, -0.15) is 0 Å². The number of carbonyl (C=O) groups excluding carboxylic acids is 2. The standard InChI is InChI=1S/C15H32N4O4/c1-14(2,9-16)19-11(22)8-10(21)12(17)15(3,4)13(23)18-6-5-7-20/h10,12,20-21H,5-9,16-17H2,1-4H3,(H,18,23)(H,19,22). The second-order valence-corrected chi connectivity index (χ2v) is 6.99. The van der Waals surface area contributed by atoms with Gasteiger partial charge in [-0.1, -0.05) is 0 Å². The van der Waals surface area contributed by atoms with E-state index in [9.17, 15) is 14.7 Å². The zero-order chi connectivity index (χ0) is 18.3. The molecule has 0 aliphatic heterocycles. The molecule has 2 amide bonds. The molecule has 0 saturated heterocycles. The van der Waals surface area contributed by atoms with Gasteiger partial charge in [0.2, 0.25) is 11.8 Å². The summed E-state index contributed by atoms with van der Waals surface area (Å²) in [6.45, 7) is 7.33. The number of hydrogen-bond acceptors (Lipinski definition) is 6. The number of hydrogen-bond donors (Lipinski definition) is 6. The Morgan fingerprint density at radius 1 is 1.22 bits per heavy atom. The van der Waals surface area contributed by atoms with Gasteiger partial charge in [0, 0.05) is 31.3 Å². The van der Waals surface area contributed by atoms with Crippen molar-refractivity contribution in [3.05, 3.63) is 0 Å². The van der Waals surface area contributed by atoms with Crippen LogP contribution in [0.3, 0.4) is 0 Å². The highest BCUT2D eigenvalue weighted by atomic mass is 16.3. The molecular formula is C15H32N4O4. The molecule has 136 valence electrons. The molecule has 0 aliphatic carbocycles. The van der Waals surface area contributed by atoms with Crippen molar-refractivity contribution in [1.82, 2.24) is 10.6 Å². The Labute approximate surface area is 138 Å². The van der Waals surface area contributed by atoms with E-state index in [2.05, 4.69) is 10.6 Å². The Morgan fingerprint density at radius 2 is 1.78 bits per heavy atom. The number of aliphatic hydroxyl groups excluding tert-OH is 2. The molecule has 8 heteroatoms. The van der Waals surface area contributed by atoms with Crippen molar-refractivity contribution >= 4 is 11.8 Å². The maximum Gasteiger partial charge on any atom is 0.227 e. The van der Waals surface area contributed by atoms with Crippen molar-refractivity contribution in [1.29, 1.82) is 0 Å². The lowest BCUT2D eigenvalue weighted by molar-refractivity contribution is -0.134. The van der Waals surface area contributed by atoms with E-state index in [0.717, 1.165) is 0 Å². The highest BCUT2D eigenvalue weighted by Gasteiger charge is 2.39. The fourth-order valence-electron chi connectivity index (χ4n) is 1.94. The highest BCUT2D eigenvalue weighted by molar-refractivity contribution is 5.83. The van der Waals surface area contributed by atoms with Gasteiger partial charge in [0.05, 0.1) is 17.9 Å². The maximum atomic E-state index is 12.1. The number of aliphatic hydroxyl groups is 2. The molecule has 8 N–H and O–H groups in total. The minimum Gasteiger partial charge on any atom is -0.396 e. The first-order valence-electron chi connectivity index (χ1n) is 7.82. The summed E-state index contributed by atoms with van der Waals surface area (Å²) in [4.78, 5) is 24.1. The first kappa shape index (κ1) is 21.8. The van der Waals surface area contributed by atoms with Gasteiger partial charge in [-0.15, -0.1) is 0 Å². The topological polar surface area (TPSA) is 151 Å². The third-order valence-electron chi connectivity index (χ3n) is 3.84. The van der Waals surface area contributed by atoms with E-state index in [-0.39, 0.29) is 31.4 Å². The molecule has 0 aromatic heterocycles. The molecule has 0 aromatic carbocycles. The highest BCUT2D eigenvalue weighted by Crippen LogP contribution is 2.23. The average molecular weight is 332 g/mol. The van der Waals surface area contributed by atoms with Crippen LogP contribution in [0, 0.1) is 5.41 Å². The van der Waals surface area contributed by atoms with Gasteiger partial charge in [-0.25, -0.2) is 0 Å². The van der Waals surface area contributed by atoms with E-state index in [1.54, 1.807) is 27.7 Å². The second kappa shape index (κ2) is 9.17. The quantitative estimate of drug-likeness (QED) is 0.266. The maximum absolute atomic E-state index is 12.1. The van der Waals surface area contributed by atoms with Gasteiger partial charge in [0.1, 0.15) is 0 Å². The van der Waals surface area contributed by atoms with Crippen LogP contribution in [0.15, 0.2) is 0 Å². The smallest absolute Gasteiger partial charge is 0.227 e. The molecule has 0 saturated carbocycles. The monoisotopic (exact) mass is 332 g/mol. The van der Waals surface area contributed by atoms with Crippen LogP contribution < -0.4 is 22.1 Å². The van der Waals surface area contributed by atoms with Gasteiger partial charge in [0.25, 0.3) is 0 Å². The summed E-state index contributed by atoms with van der Waals surface area (Å²) >= 11 is 0. The Kier molecular flexibility index (Phi) is 8.68. The summed E-state index contributed by atoms with van der Waals surface area (Å²) in [5, 5.41) is 24.3. The van der Waals surface area contributed by atoms with Gasteiger partial charge in [-0.05, 0) is 34.1 Å². The summed E-state index contributed by atoms with van der Waals surface area (Å²) in [7, 11) is 0. The summed E-state index contributed by atoms with van der Waals surface area (Å²) in [6.07, 6.45) is -0.934. The van der Waals surface area contributed by atoms with E-state index in [1.165, 1.54) is 0 Å². The van der Waals surface area contributed by atoms with E-state index >= 15 is 0 Å². The van der Waals surface area contributed by atoms with Gasteiger partial charge in [-0.3, -0.25) is 9.59 Å². The van der Waals surface area contributed by atoms with E-state index in [4.69, 9.17) is 16.6 Å². The fourth-order valence-corrected chi connectivity index (χ4v) is 1.94. The van der Waals surface area contributed by atoms with Crippen LogP contribution in [0.4, 0.5) is 0 Å². The van der Waals surface area contributed by atoms with E-state index in [0.29, 0.717) is 13.0 Å². The first-order chi connectivity index (χ1) is 10.5. The fraction of sp³-hybridized carbons (Fsp3) is 0.867. The number of nitrogens with two attached hydrogens (primary N) is 2. The van der Waals surface area contributed by atoms with Crippen molar-refractivity contribution in [2.45, 2.75) is 58.2 Å². The number of nitrogens with one attached hydrogen (secondary N) is 2. The van der Waals surface area contributed by atoms with Crippen LogP contribution in [-0.2, 0) is 9.59 Å². The summed E-state index contributed by atoms with van der Waals surface area (Å²) < 4.78 is 0. The molecule has 0 spiro atoms. The first-order valence-corrected chi connectivity index (χ1v) is 7.82. The minimum atomic E-state index is -1.16. The Bertz CT molecular complexity index is 399. The van der Waals surface area contributed by atoms with Crippen molar-refractivity contribution < 1.29 is 19.8 Å². The molecule has 0 bridgehead atoms. The predicted octanol–water partition coefficient (Wildman–Crippen LogP) is -1.56. The lowest BCUT2D eigenvalue weighted by Crippen LogP contribution is -2.56. The third-order valence-corrected chi connectivity index (χ3v) is 3.84. The van der Waals surface area contributed by atoms with Crippen LogP contribution in [-0.4, -0.2) is 59.4 Å². The Morgan fingerprint density at radius 3 is 2.26 bits per heavy atom. The largest absolute Gasteiger partial charge is 0.396 e. The average Bonchev–Trinajstić information content (AvgIpc) is 2.45. The van der Waals surface area contributed by atoms with Crippen LogP contribution in [0.1, 0.15) is 40.5 Å². The third kappa shape index (κ3) is 7.26. The molecular weight excluding hydrogens is 300 g/mol. The molecule has 0 aromatic rings. The van der Waals surface area contributed by atoms with E-state index < -0.39 is 23.1 Å². The second-order valence-electron chi connectivity index (χ2n) is 6.99. The molecule has 0 heterocycles. The van der Waals surface area contributed by atoms with Crippen molar-refractivity contribution in [2.75, 3.05) is 19.7 Å². The van der Waals surface area contributed by atoms with Crippen LogP contribution in [0.2, 0.25) is 0 Å². The Hall–Kier alpha value is -1.22. The van der Waals surface area contributed by atoms with Gasteiger partial charge >= 0.3 is 0 Å². The van der Waals surface area contributed by atoms with Crippen LogP contribution in [0.25, 0.3) is 0 Å². The number of carbonyl (C=O) groups is 2. The lowest BCUT2D eigenvalue weighted by atomic mass is 9.80. The van der Waals surface area contributed by atoms with Gasteiger partial charge in [0.15, 0.2) is 0 Å². The Balaban J connectivity index is 4.64. The molecule has 2 atom stereocenters. The molecule has 0 radical (unpaired) electrons. The summed E-state index contributed by atoms with van der Waals surface area (Å²) in [5.74, 6) is -0.708. The SMILES string of the molecule is CC(C)(CN)NC(=O)CC(O)C(N)C(C)(C)C(=O)NCCCO. The summed E-state index contributed by atoms with van der Waals surface area (Å²) in [6, 6.07) is -0.914. The normalized spacial score (nSPS) is 15.0. The van der Waals surface area contributed by atoms with E-state index in [1.807, 2.05) is 0 Å². The summed E-state index contributed by atoms with van der Waals surface area (Å²) in [5.41, 5.74) is 9.89. The molecule has 2 unspecified atom stereocenters. The number of amides is 2. The molecule has 0 rings (SSSR count). The molecule has 23 heavy (non-hydrogen) atoms. The minimum absolute atomic E-state index is 0.0213. The van der Waals surface area contributed by atoms with Crippen LogP contribution >= 0.6 is 0 Å². The van der Waals surface area contributed by atoms with Crippen molar-refractivity contribution in [2.24, 2.45) is 16.9 Å². The molecule has 8 nitrogen and oxygen atoms in total. The predicted molar refractivity (Wildman–Crippen MR) is 88.4 cm³/mol. The van der Waals surface area contributed by atoms with Crippen molar-refractivity contribution in [3.63, 3.8) is 0 Å². The zero-order valence-corrected chi connectivity index (χ0v) is 14.6. The molecule has 0 aliphatic rings. The lowest BCUT2D eigenvalue weighted by Gasteiger charge is -2.34. The van der Waals surface area contributed by atoms with Crippen molar-refractivity contribution in [3.8, 4) is 0 Å².